The normalized spacial score (nSPS) is 14.4. The van der Waals surface area contributed by atoms with Crippen molar-refractivity contribution >= 4 is 39.3 Å². The molecule has 0 saturated carbocycles. The number of nitrogens with zero attached hydrogens (tertiary/aromatic N) is 2. The molecule has 42 heavy (non-hydrogen) atoms. The van der Waals surface area contributed by atoms with Gasteiger partial charge in [0.15, 0.2) is 27.8 Å². The Labute approximate surface area is 254 Å². The van der Waals surface area contributed by atoms with Crippen molar-refractivity contribution < 1.29 is 33.2 Å². The molecule has 2 aromatic carbocycles. The van der Waals surface area contributed by atoms with Gasteiger partial charge in [0, 0.05) is 0 Å². The van der Waals surface area contributed by atoms with Crippen molar-refractivity contribution in [2.24, 2.45) is 4.99 Å². The molecule has 0 N–H and O–H groups in total. The molecule has 0 aliphatic carbocycles. The Kier molecular flexibility index (Phi) is 9.65. The van der Waals surface area contributed by atoms with Crippen LogP contribution in [0.3, 0.4) is 0 Å². The molecule has 0 spiro atoms. The van der Waals surface area contributed by atoms with Crippen molar-refractivity contribution in [2.45, 2.75) is 19.9 Å². The van der Waals surface area contributed by atoms with E-state index in [1.807, 2.05) is 0 Å². The Bertz CT molecular complexity index is 1760. The molecule has 1 atom stereocenters. The van der Waals surface area contributed by atoms with Crippen LogP contribution in [0.25, 0.3) is 6.08 Å². The highest BCUT2D eigenvalue weighted by Crippen LogP contribution is 2.42. The summed E-state index contributed by atoms with van der Waals surface area (Å²) in [6.07, 6.45) is 7.06. The van der Waals surface area contributed by atoms with Crippen LogP contribution in [0.4, 0.5) is 0 Å². The van der Waals surface area contributed by atoms with E-state index >= 15 is 0 Å². The molecule has 1 aliphatic heterocycles. The van der Waals surface area contributed by atoms with Crippen LogP contribution in [0, 0.1) is 12.3 Å². The third-order valence-corrected chi connectivity index (χ3v) is 7.94. The van der Waals surface area contributed by atoms with E-state index in [0.29, 0.717) is 59.4 Å². The second-order valence-electron chi connectivity index (χ2n) is 8.79. The van der Waals surface area contributed by atoms with Crippen LogP contribution < -0.4 is 38.6 Å². The zero-order valence-electron chi connectivity index (χ0n) is 23.9. The molecule has 4 rings (SSSR count). The summed E-state index contributed by atoms with van der Waals surface area (Å²) >= 11 is 4.69. The first-order valence-corrected chi connectivity index (χ1v) is 14.3. The van der Waals surface area contributed by atoms with Gasteiger partial charge in [-0.2, -0.15) is 0 Å². The van der Waals surface area contributed by atoms with Gasteiger partial charge in [-0.1, -0.05) is 17.3 Å². The minimum absolute atomic E-state index is 0.0655. The SMILES string of the molecule is C#CCOc1c(Br)cc(/C=c2\sc3n(c2=O)[C@@H](c2cc(OC)c(OC)c(OC)c2)C(C(=O)OCC)=C(C)N=3)cc1OC. The van der Waals surface area contributed by atoms with Crippen molar-refractivity contribution in [3.05, 3.63) is 70.8 Å². The van der Waals surface area contributed by atoms with Crippen molar-refractivity contribution in [1.82, 2.24) is 4.57 Å². The van der Waals surface area contributed by atoms with Gasteiger partial charge in [-0.25, -0.2) is 9.79 Å². The van der Waals surface area contributed by atoms with Gasteiger partial charge in [0.2, 0.25) is 5.75 Å². The summed E-state index contributed by atoms with van der Waals surface area (Å²) < 4.78 is 35.6. The van der Waals surface area contributed by atoms with Gasteiger partial charge in [0.05, 0.1) is 61.4 Å². The van der Waals surface area contributed by atoms with Gasteiger partial charge in [-0.05, 0) is 71.2 Å². The molecule has 220 valence electrons. The summed E-state index contributed by atoms with van der Waals surface area (Å²) in [5, 5.41) is 0. The minimum Gasteiger partial charge on any atom is -0.493 e. The molecule has 0 saturated heterocycles. The number of fused-ring (bicyclic) bond motifs is 1. The number of terminal acetylenes is 1. The molecule has 0 fully saturated rings. The fourth-order valence-corrected chi connectivity index (χ4v) is 6.22. The Morgan fingerprint density at radius 1 is 1.07 bits per heavy atom. The number of aromatic nitrogens is 1. The number of hydrogen-bond acceptors (Lipinski definition) is 10. The van der Waals surface area contributed by atoms with Gasteiger partial charge in [-0.3, -0.25) is 9.36 Å². The lowest BCUT2D eigenvalue weighted by molar-refractivity contribution is -0.139. The third-order valence-electron chi connectivity index (χ3n) is 6.37. The Morgan fingerprint density at radius 2 is 1.71 bits per heavy atom. The summed E-state index contributed by atoms with van der Waals surface area (Å²) in [6.45, 7) is 3.65. The van der Waals surface area contributed by atoms with Gasteiger partial charge in [0.1, 0.15) is 6.61 Å². The number of methoxy groups -OCH3 is 4. The molecule has 0 amide bonds. The highest BCUT2D eigenvalue weighted by atomic mass is 79.9. The number of allylic oxidation sites excluding steroid dienone is 1. The molecular weight excluding hydrogens is 628 g/mol. The fraction of sp³-hybridized carbons (Fsp3) is 0.300. The Morgan fingerprint density at radius 3 is 2.29 bits per heavy atom. The molecule has 12 heteroatoms. The predicted molar refractivity (Wildman–Crippen MR) is 162 cm³/mol. The average Bonchev–Trinajstić information content (AvgIpc) is 3.28. The summed E-state index contributed by atoms with van der Waals surface area (Å²) in [6, 6.07) is 6.06. The number of carbonyl (C=O) groups excluding carboxylic acids is 1. The quantitative estimate of drug-likeness (QED) is 0.241. The standard InChI is InChI=1S/C30H29BrN2O8S/c1-8-10-41-26-19(31)11-17(12-20(26)36-4)13-23-28(34)33-25(18-14-21(37-5)27(39-7)22(15-18)38-6)24(29(35)40-9-2)16(3)32-30(33)42-23/h1,11-15,25H,9-10H2,2-7H3/b23-13-/t25-/m0/s1. The second kappa shape index (κ2) is 13.2. The lowest BCUT2D eigenvalue weighted by atomic mass is 9.95. The van der Waals surface area contributed by atoms with Crippen LogP contribution in [0.5, 0.6) is 28.7 Å². The molecule has 10 nitrogen and oxygen atoms in total. The third kappa shape index (κ3) is 5.75. The average molecular weight is 658 g/mol. The van der Waals surface area contributed by atoms with Gasteiger partial charge in [0.25, 0.3) is 5.56 Å². The fourth-order valence-electron chi connectivity index (χ4n) is 4.59. The topological polar surface area (TPSA) is 107 Å². The van der Waals surface area contributed by atoms with Crippen LogP contribution in [-0.2, 0) is 9.53 Å². The lowest BCUT2D eigenvalue weighted by Gasteiger charge is -2.26. The van der Waals surface area contributed by atoms with E-state index in [4.69, 9.17) is 34.8 Å². The zero-order chi connectivity index (χ0) is 30.6. The second-order valence-corrected chi connectivity index (χ2v) is 10.7. The first-order valence-electron chi connectivity index (χ1n) is 12.7. The van der Waals surface area contributed by atoms with E-state index in [1.54, 1.807) is 44.2 Å². The van der Waals surface area contributed by atoms with Crippen LogP contribution in [-0.4, -0.2) is 52.2 Å². The number of hydrogen-bond donors (Lipinski definition) is 0. The van der Waals surface area contributed by atoms with Gasteiger partial charge >= 0.3 is 5.97 Å². The number of esters is 1. The van der Waals surface area contributed by atoms with E-state index in [0.717, 1.165) is 0 Å². The maximum atomic E-state index is 14.0. The summed E-state index contributed by atoms with van der Waals surface area (Å²) in [5.74, 6) is 3.86. The lowest BCUT2D eigenvalue weighted by Crippen LogP contribution is -2.40. The number of halogens is 1. The van der Waals surface area contributed by atoms with Crippen LogP contribution in [0.15, 0.2) is 49.8 Å². The van der Waals surface area contributed by atoms with E-state index in [-0.39, 0.29) is 24.3 Å². The number of rotatable bonds is 10. The molecule has 0 radical (unpaired) electrons. The van der Waals surface area contributed by atoms with Crippen molar-refractivity contribution in [3.8, 4) is 41.1 Å². The highest BCUT2D eigenvalue weighted by molar-refractivity contribution is 9.10. The largest absolute Gasteiger partial charge is 0.493 e. The first kappa shape index (κ1) is 30.7. The van der Waals surface area contributed by atoms with E-state index in [9.17, 15) is 9.59 Å². The predicted octanol–water partition coefficient (Wildman–Crippen LogP) is 3.61. The minimum atomic E-state index is -0.878. The summed E-state index contributed by atoms with van der Waals surface area (Å²) in [5.41, 5.74) is 1.52. The van der Waals surface area contributed by atoms with Gasteiger partial charge < -0.3 is 28.4 Å². The Hall–Kier alpha value is -4.21. The van der Waals surface area contributed by atoms with Crippen molar-refractivity contribution in [3.63, 3.8) is 0 Å². The molecule has 0 unspecified atom stereocenters. The molecule has 1 aromatic heterocycles. The zero-order valence-corrected chi connectivity index (χ0v) is 26.3. The first-order chi connectivity index (χ1) is 20.2. The smallest absolute Gasteiger partial charge is 0.338 e. The molecule has 2 heterocycles. The number of benzene rings is 2. The summed E-state index contributed by atoms with van der Waals surface area (Å²) in [4.78, 5) is 32.4. The van der Waals surface area contributed by atoms with E-state index in [2.05, 4.69) is 26.8 Å². The monoisotopic (exact) mass is 656 g/mol. The van der Waals surface area contributed by atoms with E-state index < -0.39 is 12.0 Å². The molecular formula is C30H29BrN2O8S. The number of ether oxygens (including phenoxy) is 6. The van der Waals surface area contributed by atoms with Crippen molar-refractivity contribution in [2.75, 3.05) is 41.7 Å². The van der Waals surface area contributed by atoms with Crippen LogP contribution >= 0.6 is 27.3 Å². The maximum Gasteiger partial charge on any atom is 0.338 e. The molecule has 0 bridgehead atoms. The van der Waals surface area contributed by atoms with Crippen LogP contribution in [0.2, 0.25) is 0 Å². The molecule has 1 aliphatic rings. The van der Waals surface area contributed by atoms with Crippen molar-refractivity contribution in [1.29, 1.82) is 0 Å². The Balaban J connectivity index is 1.97. The van der Waals surface area contributed by atoms with Gasteiger partial charge in [-0.15, -0.1) is 6.42 Å². The highest BCUT2D eigenvalue weighted by Gasteiger charge is 2.34. The molecule has 3 aromatic rings. The number of thiazole rings is 1. The maximum absolute atomic E-state index is 14.0. The number of carbonyl (C=O) groups is 1. The van der Waals surface area contributed by atoms with E-state index in [1.165, 1.54) is 44.3 Å². The summed E-state index contributed by atoms with van der Waals surface area (Å²) in [7, 11) is 6.00. The van der Waals surface area contributed by atoms with Crippen LogP contribution in [0.1, 0.15) is 31.0 Å².